The summed E-state index contributed by atoms with van der Waals surface area (Å²) in [6.07, 6.45) is 0. The highest BCUT2D eigenvalue weighted by atomic mass is 32.2. The fourth-order valence-corrected chi connectivity index (χ4v) is 0.679. The van der Waals surface area contributed by atoms with Crippen molar-refractivity contribution in [3.8, 4) is 0 Å². The number of pyridine rings is 1. The van der Waals surface area contributed by atoms with Gasteiger partial charge in [-0.15, -0.1) is 0 Å². The molecule has 0 aliphatic carbocycles. The second kappa shape index (κ2) is 5.26. The van der Waals surface area contributed by atoms with Crippen LogP contribution in [0.2, 0.25) is 0 Å². The van der Waals surface area contributed by atoms with Crippen molar-refractivity contribution in [2.24, 2.45) is 0 Å². The third kappa shape index (κ3) is 5.66. The van der Waals surface area contributed by atoms with Crippen molar-refractivity contribution in [2.45, 2.75) is 19.4 Å². The fourth-order valence-electron chi connectivity index (χ4n) is 0.679. The molecular formula is C8H10F3NO3S. The maximum absolute atomic E-state index is 10.7. The summed E-state index contributed by atoms with van der Waals surface area (Å²) in [4.78, 5) is 4.17. The van der Waals surface area contributed by atoms with Gasteiger partial charge in [-0.2, -0.15) is 21.6 Å². The largest absolute Gasteiger partial charge is 0.522 e. The molecule has 0 saturated carbocycles. The molecule has 0 aliphatic heterocycles. The van der Waals surface area contributed by atoms with Gasteiger partial charge in [0.1, 0.15) is 0 Å². The number of alkyl halides is 3. The molecule has 1 aromatic heterocycles. The molecule has 0 spiro atoms. The Hall–Kier alpha value is -1.15. The number of hydrogen-bond donors (Lipinski definition) is 1. The molecule has 0 bridgehead atoms. The Kier molecular flexibility index (Phi) is 4.88. The maximum Gasteiger partial charge on any atom is 0.522 e. The maximum atomic E-state index is 10.7. The lowest BCUT2D eigenvalue weighted by atomic mass is 10.3. The van der Waals surface area contributed by atoms with Crippen LogP contribution in [0.4, 0.5) is 13.2 Å². The molecule has 0 aliphatic rings. The summed E-state index contributed by atoms with van der Waals surface area (Å²) in [6, 6.07) is 6.00. The lowest BCUT2D eigenvalue weighted by Gasteiger charge is -1.97. The van der Waals surface area contributed by atoms with E-state index in [0.29, 0.717) is 0 Å². The van der Waals surface area contributed by atoms with E-state index in [0.717, 1.165) is 11.4 Å². The first kappa shape index (κ1) is 14.8. The minimum Gasteiger partial charge on any atom is -0.279 e. The smallest absolute Gasteiger partial charge is 0.279 e. The van der Waals surface area contributed by atoms with E-state index in [2.05, 4.69) is 4.98 Å². The molecule has 0 unspecified atom stereocenters. The van der Waals surface area contributed by atoms with Gasteiger partial charge in [0, 0.05) is 11.4 Å². The lowest BCUT2D eigenvalue weighted by molar-refractivity contribution is -0.0510. The van der Waals surface area contributed by atoms with Gasteiger partial charge < -0.3 is 0 Å². The van der Waals surface area contributed by atoms with Gasteiger partial charge >= 0.3 is 15.6 Å². The zero-order chi connectivity index (χ0) is 13.0. The van der Waals surface area contributed by atoms with Crippen LogP contribution < -0.4 is 0 Å². The van der Waals surface area contributed by atoms with Crippen molar-refractivity contribution >= 4 is 10.1 Å². The zero-order valence-electron chi connectivity index (χ0n) is 8.49. The highest BCUT2D eigenvalue weighted by Crippen LogP contribution is 2.20. The average molecular weight is 257 g/mol. The Bertz CT molecular complexity index is 425. The molecule has 0 aromatic carbocycles. The van der Waals surface area contributed by atoms with Crippen LogP contribution in [0.25, 0.3) is 0 Å². The molecule has 1 rings (SSSR count). The van der Waals surface area contributed by atoms with Gasteiger partial charge in [-0.25, -0.2) is 0 Å². The zero-order valence-corrected chi connectivity index (χ0v) is 9.30. The predicted octanol–water partition coefficient (Wildman–Crippen LogP) is 2.09. The molecule has 1 N–H and O–H groups in total. The Morgan fingerprint density at radius 1 is 1.19 bits per heavy atom. The summed E-state index contributed by atoms with van der Waals surface area (Å²) in [5, 5.41) is 0. The fraction of sp³-hybridized carbons (Fsp3) is 0.375. The van der Waals surface area contributed by atoms with Crippen molar-refractivity contribution in [1.29, 1.82) is 0 Å². The molecule has 8 heteroatoms. The number of nitrogens with zero attached hydrogens (tertiary/aromatic N) is 1. The highest BCUT2D eigenvalue weighted by Gasteiger charge is 2.44. The summed E-state index contributed by atoms with van der Waals surface area (Å²) in [5.74, 6) is 0. The van der Waals surface area contributed by atoms with Crippen LogP contribution in [-0.4, -0.2) is 23.5 Å². The van der Waals surface area contributed by atoms with E-state index in [1.807, 2.05) is 32.0 Å². The van der Waals surface area contributed by atoms with Gasteiger partial charge in [0.2, 0.25) is 0 Å². The van der Waals surface area contributed by atoms with Crippen LogP contribution in [-0.2, 0) is 10.1 Å². The quantitative estimate of drug-likeness (QED) is 0.571. The first-order valence-electron chi connectivity index (χ1n) is 3.98. The Balaban J connectivity index is 0.000000281. The van der Waals surface area contributed by atoms with Gasteiger partial charge in [0.05, 0.1) is 0 Å². The minimum absolute atomic E-state index is 1.09. The SMILES string of the molecule is Cc1cccc(C)n1.O=S(=O)(O)C(F)(F)F. The number of hydrogen-bond acceptors (Lipinski definition) is 3. The number of aryl methyl sites for hydroxylation is 2. The van der Waals surface area contributed by atoms with E-state index in [1.54, 1.807) is 0 Å². The highest BCUT2D eigenvalue weighted by molar-refractivity contribution is 7.86. The Labute approximate surface area is 90.9 Å². The number of halogens is 3. The van der Waals surface area contributed by atoms with Crippen LogP contribution in [0.5, 0.6) is 0 Å². The van der Waals surface area contributed by atoms with E-state index in [1.165, 1.54) is 0 Å². The molecule has 0 radical (unpaired) electrons. The van der Waals surface area contributed by atoms with E-state index < -0.39 is 15.6 Å². The topological polar surface area (TPSA) is 67.3 Å². The van der Waals surface area contributed by atoms with Gasteiger partial charge in [-0.3, -0.25) is 9.54 Å². The molecule has 0 fully saturated rings. The van der Waals surface area contributed by atoms with Crippen molar-refractivity contribution in [3.63, 3.8) is 0 Å². The van der Waals surface area contributed by atoms with Crippen molar-refractivity contribution < 1.29 is 26.1 Å². The summed E-state index contributed by atoms with van der Waals surface area (Å²) in [7, 11) is -5.84. The lowest BCUT2D eigenvalue weighted by Crippen LogP contribution is -2.21. The standard InChI is InChI=1S/C7H9N.CHF3O3S/c1-6-4-3-5-7(2)8-6;2-1(3,4)8(5,6)7/h3-5H,1-2H3;(H,5,6,7). The van der Waals surface area contributed by atoms with Crippen molar-refractivity contribution in [3.05, 3.63) is 29.6 Å². The van der Waals surface area contributed by atoms with Crippen LogP contribution in [0.15, 0.2) is 18.2 Å². The molecule has 1 heterocycles. The third-order valence-corrected chi connectivity index (χ3v) is 1.91. The summed E-state index contributed by atoms with van der Waals surface area (Å²) >= 11 is 0. The van der Waals surface area contributed by atoms with Crippen molar-refractivity contribution in [2.75, 3.05) is 0 Å². The van der Waals surface area contributed by atoms with Gasteiger partial charge in [0.25, 0.3) is 0 Å². The molecule has 0 atom stereocenters. The van der Waals surface area contributed by atoms with E-state index in [9.17, 15) is 13.2 Å². The van der Waals surface area contributed by atoms with Crippen LogP contribution in [0, 0.1) is 13.8 Å². The van der Waals surface area contributed by atoms with Crippen LogP contribution in [0.1, 0.15) is 11.4 Å². The minimum atomic E-state index is -5.84. The molecule has 1 aromatic rings. The molecular weight excluding hydrogens is 247 g/mol. The number of aromatic nitrogens is 1. The second-order valence-corrected chi connectivity index (χ2v) is 4.25. The Morgan fingerprint density at radius 3 is 1.62 bits per heavy atom. The second-order valence-electron chi connectivity index (χ2n) is 2.84. The molecule has 16 heavy (non-hydrogen) atoms. The van der Waals surface area contributed by atoms with Gasteiger partial charge in [-0.05, 0) is 26.0 Å². The monoisotopic (exact) mass is 257 g/mol. The first-order valence-corrected chi connectivity index (χ1v) is 5.42. The summed E-state index contributed by atoms with van der Waals surface area (Å²) in [5.41, 5.74) is -3.36. The number of rotatable bonds is 0. The van der Waals surface area contributed by atoms with Crippen LogP contribution >= 0.6 is 0 Å². The Morgan fingerprint density at radius 2 is 1.50 bits per heavy atom. The van der Waals surface area contributed by atoms with Gasteiger partial charge in [0.15, 0.2) is 0 Å². The first-order chi connectivity index (χ1) is 7.04. The van der Waals surface area contributed by atoms with Crippen molar-refractivity contribution in [1.82, 2.24) is 4.98 Å². The normalized spacial score (nSPS) is 11.6. The average Bonchev–Trinajstić information content (AvgIpc) is 2.00. The van der Waals surface area contributed by atoms with E-state index >= 15 is 0 Å². The third-order valence-electron chi connectivity index (χ3n) is 1.32. The molecule has 92 valence electrons. The molecule has 0 saturated heterocycles. The van der Waals surface area contributed by atoms with Gasteiger partial charge in [-0.1, -0.05) is 6.07 Å². The predicted molar refractivity (Wildman–Crippen MR) is 51.3 cm³/mol. The molecule has 4 nitrogen and oxygen atoms in total. The van der Waals surface area contributed by atoms with E-state index in [-0.39, 0.29) is 0 Å². The van der Waals surface area contributed by atoms with E-state index in [4.69, 9.17) is 13.0 Å². The molecule has 0 amide bonds. The summed E-state index contributed by atoms with van der Waals surface area (Å²) < 4.78 is 57.5. The summed E-state index contributed by atoms with van der Waals surface area (Å²) in [6.45, 7) is 3.99. The van der Waals surface area contributed by atoms with Crippen LogP contribution in [0.3, 0.4) is 0 Å².